The van der Waals surface area contributed by atoms with Crippen molar-refractivity contribution in [2.75, 3.05) is 85.1 Å². The van der Waals surface area contributed by atoms with Crippen LogP contribution in [-0.4, -0.2) is 251 Å². The van der Waals surface area contributed by atoms with Gasteiger partial charge in [0, 0.05) is 113 Å². The minimum atomic E-state index is -6.47. The van der Waals surface area contributed by atoms with E-state index in [2.05, 4.69) is 5.32 Å². The number of alkyl halides is 5. The Balaban J connectivity index is 2.96. The fourth-order valence-corrected chi connectivity index (χ4v) is 14.1. The fourth-order valence-electron chi connectivity index (χ4n) is 8.47. The number of carbonyl (C=O) groups is 14. The van der Waals surface area contributed by atoms with Gasteiger partial charge < -0.3 is 72.1 Å². The van der Waals surface area contributed by atoms with Gasteiger partial charge in [-0.2, -0.15) is 26.3 Å². The number of rotatable bonds is 31. The number of hydrogen-bond donors (Lipinski definition) is 1. The number of ether oxygens (including phenoxy) is 11. The minimum Gasteiger partial charge on any atom is -0.462 e. The van der Waals surface area contributed by atoms with Gasteiger partial charge >= 0.3 is 71.1 Å². The number of piperazine rings is 1. The summed E-state index contributed by atoms with van der Waals surface area (Å²) in [6, 6.07) is 0. The molecule has 2 rings (SSSR count). The number of nitrogens with zero attached hydrogens (tertiary/aromatic N) is 4. The number of anilines is 1. The number of benzene rings is 1. The molecule has 1 aromatic rings. The number of amides is 4. The van der Waals surface area contributed by atoms with Crippen LogP contribution in [0.25, 0.3) is 0 Å². The number of sulfonamides is 1. The summed E-state index contributed by atoms with van der Waals surface area (Å²) in [5, 5.41) is -3.70. The standard InChI is InChI=1S/C52H65F5I3N5O27S/c1-23(66)83-19-35(87-27(5)70)47(91-31(9)74)45(89-29(7)72)33(85-25(3)68)17-62(11)49(78)39-41(58)40(50(79)63(12)18-34(86-26(4)69)46(90-30(8)73)48(92-32(10)75)36(88-28(6)71)20-84-24(2)67)43(60)44(42(39)59)61-37(76)21-82-22-38(77)64-13-15-65(16-14-64)93(80,81)52(56,57)51(53,54)55/h33-36,45-48H,13-22H2,1-12H3,(H,61,76). The summed E-state index contributed by atoms with van der Waals surface area (Å²) < 4.78 is 149. The number of esters is 10. The third-order valence-electron chi connectivity index (χ3n) is 12.1. The average molecular weight is 1700 g/mol. The van der Waals surface area contributed by atoms with Gasteiger partial charge in [-0.1, -0.05) is 0 Å². The molecule has 1 fully saturated rings. The van der Waals surface area contributed by atoms with E-state index in [0.29, 0.717) is 0 Å². The number of likely N-dealkylation sites (N-methyl/N-ethyl adjacent to an activating group) is 2. The van der Waals surface area contributed by atoms with Gasteiger partial charge in [0.25, 0.3) is 21.8 Å². The second kappa shape index (κ2) is 36.4. The van der Waals surface area contributed by atoms with Gasteiger partial charge in [-0.05, 0) is 67.8 Å². The maximum absolute atomic E-state index is 15.2. The molecule has 0 spiro atoms. The third kappa shape index (κ3) is 24.7. The Hall–Kier alpha value is -6.49. The van der Waals surface area contributed by atoms with Crippen LogP contribution in [-0.2, 0) is 120 Å². The van der Waals surface area contributed by atoms with E-state index in [1.165, 1.54) is 0 Å². The van der Waals surface area contributed by atoms with Crippen LogP contribution in [0, 0.1) is 10.7 Å². The highest BCUT2D eigenvalue weighted by molar-refractivity contribution is 14.1. The van der Waals surface area contributed by atoms with Crippen LogP contribution in [0.15, 0.2) is 0 Å². The lowest BCUT2D eigenvalue weighted by Gasteiger charge is -2.37. The molecule has 522 valence electrons. The van der Waals surface area contributed by atoms with Crippen molar-refractivity contribution >= 4 is 167 Å². The summed E-state index contributed by atoms with van der Waals surface area (Å²) in [5.74, 6) is -15.0. The molecule has 1 aliphatic rings. The lowest BCUT2D eigenvalue weighted by Crippen LogP contribution is -2.57. The first kappa shape index (κ1) is 82.6. The summed E-state index contributed by atoms with van der Waals surface area (Å²) in [4.78, 5) is 185. The molecule has 0 radical (unpaired) electrons. The first-order chi connectivity index (χ1) is 42.8. The second-order valence-corrected chi connectivity index (χ2v) is 25.0. The smallest absolute Gasteiger partial charge is 0.462 e. The molecule has 8 atom stereocenters. The van der Waals surface area contributed by atoms with Crippen LogP contribution < -0.4 is 5.32 Å². The molecule has 1 aliphatic heterocycles. The number of hydrogen-bond acceptors (Lipinski definition) is 27. The minimum absolute atomic E-state index is 0.147. The monoisotopic (exact) mass is 1700 g/mol. The molecule has 0 aromatic heterocycles. The summed E-state index contributed by atoms with van der Waals surface area (Å²) in [7, 11) is -4.10. The van der Waals surface area contributed by atoms with E-state index < -0.39 is 230 Å². The molecule has 93 heavy (non-hydrogen) atoms. The summed E-state index contributed by atoms with van der Waals surface area (Å²) in [5.41, 5.74) is -1.30. The van der Waals surface area contributed by atoms with Crippen LogP contribution in [0.3, 0.4) is 0 Å². The highest BCUT2D eigenvalue weighted by atomic mass is 127. The van der Waals surface area contributed by atoms with E-state index in [0.717, 1.165) is 98.0 Å². The van der Waals surface area contributed by atoms with Crippen molar-refractivity contribution in [2.45, 2.75) is 129 Å². The maximum Gasteiger partial charge on any atom is 0.470 e. The van der Waals surface area contributed by atoms with Crippen LogP contribution in [0.4, 0.5) is 27.6 Å². The highest BCUT2D eigenvalue weighted by Gasteiger charge is 2.69. The predicted octanol–water partition coefficient (Wildman–Crippen LogP) is 1.81. The van der Waals surface area contributed by atoms with Crippen molar-refractivity contribution in [1.29, 1.82) is 0 Å². The number of carbonyl (C=O) groups excluding carboxylic acids is 14. The van der Waals surface area contributed by atoms with E-state index in [1.807, 2.05) is 0 Å². The van der Waals surface area contributed by atoms with Crippen LogP contribution in [0.5, 0.6) is 0 Å². The first-order valence-electron chi connectivity index (χ1n) is 26.7. The van der Waals surface area contributed by atoms with Gasteiger partial charge in [0.15, 0.2) is 48.8 Å². The zero-order valence-electron chi connectivity index (χ0n) is 51.4. The normalized spacial score (nSPS) is 15.3. The van der Waals surface area contributed by atoms with Crippen LogP contribution >= 0.6 is 67.8 Å². The van der Waals surface area contributed by atoms with Crippen molar-refractivity contribution in [1.82, 2.24) is 19.0 Å². The van der Waals surface area contributed by atoms with E-state index in [1.54, 1.807) is 67.8 Å². The number of nitrogens with one attached hydrogen (secondary N) is 1. The molecule has 0 aliphatic carbocycles. The van der Waals surface area contributed by atoms with Crippen molar-refractivity contribution in [3.8, 4) is 0 Å². The fraction of sp³-hybridized carbons (Fsp3) is 0.615. The number of halogens is 8. The van der Waals surface area contributed by atoms with E-state index in [9.17, 15) is 87.9 Å². The molecular weight excluding hydrogens is 1630 g/mol. The Labute approximate surface area is 568 Å². The Bertz CT molecular complexity index is 2990. The van der Waals surface area contributed by atoms with Gasteiger partial charge in [-0.3, -0.25) is 67.1 Å². The molecule has 41 heteroatoms. The predicted molar refractivity (Wildman–Crippen MR) is 324 cm³/mol. The summed E-state index contributed by atoms with van der Waals surface area (Å²) in [6.07, 6.45) is -21.8. The van der Waals surface area contributed by atoms with Gasteiger partial charge in [0.05, 0.1) is 37.0 Å². The molecule has 1 aromatic carbocycles. The molecule has 8 unspecified atom stereocenters. The maximum atomic E-state index is 15.2. The summed E-state index contributed by atoms with van der Waals surface area (Å²) in [6.45, 7) is 0.308. The van der Waals surface area contributed by atoms with Crippen molar-refractivity contribution in [3.63, 3.8) is 0 Å². The third-order valence-corrected chi connectivity index (χ3v) is 17.3. The van der Waals surface area contributed by atoms with Crippen molar-refractivity contribution in [2.24, 2.45) is 0 Å². The van der Waals surface area contributed by atoms with Crippen LogP contribution in [0.2, 0.25) is 0 Å². The van der Waals surface area contributed by atoms with E-state index in [4.69, 9.17) is 52.1 Å². The lowest BCUT2D eigenvalue weighted by molar-refractivity contribution is -0.242. The molecule has 4 amide bonds. The first-order valence-corrected chi connectivity index (χ1v) is 31.4. The molecule has 1 heterocycles. The quantitative estimate of drug-likeness (QED) is 0.0479. The highest BCUT2D eigenvalue weighted by Crippen LogP contribution is 2.42. The molecule has 0 saturated carbocycles. The van der Waals surface area contributed by atoms with Gasteiger partial charge in [0.1, 0.15) is 26.4 Å². The van der Waals surface area contributed by atoms with Crippen molar-refractivity contribution in [3.05, 3.63) is 21.8 Å². The van der Waals surface area contributed by atoms with Gasteiger partial charge in [-0.15, -0.1) is 0 Å². The largest absolute Gasteiger partial charge is 0.470 e. The Morgan fingerprint density at radius 3 is 1.09 bits per heavy atom. The van der Waals surface area contributed by atoms with Gasteiger partial charge in [-0.25, -0.2) is 8.42 Å². The molecular formula is C52H65F5I3N5O27S. The molecule has 0 bridgehead atoms. The topological polar surface area (TPSA) is 400 Å². The second-order valence-electron chi connectivity index (χ2n) is 19.8. The SMILES string of the molecule is CC(=O)OCC(OC(C)=O)C(OC(C)=O)C(OC(C)=O)C(CN(C)C(=O)c1c(I)c(NC(=O)COCC(=O)N2CCN(S(=O)(=O)C(F)(F)C(F)(F)F)CC2)c(I)c(C(=O)N(C)CC(OC(C)=O)C(OC(C)=O)C(OC(C)=O)C(COC(C)=O)OC(C)=O)c1I)OC(C)=O. The lowest BCUT2D eigenvalue weighted by atomic mass is 10.0. The van der Waals surface area contributed by atoms with Crippen molar-refractivity contribution < 1.29 is 150 Å². The summed E-state index contributed by atoms with van der Waals surface area (Å²) >= 11 is 4.75. The molecule has 32 nitrogen and oxygen atoms in total. The average Bonchev–Trinajstić information content (AvgIpc) is 0.770. The van der Waals surface area contributed by atoms with E-state index >= 15 is 9.59 Å². The zero-order valence-corrected chi connectivity index (χ0v) is 58.7. The Morgan fingerprint density at radius 2 is 0.785 bits per heavy atom. The molecule has 1 N–H and O–H groups in total. The van der Waals surface area contributed by atoms with E-state index in [-0.39, 0.29) is 20.7 Å². The van der Waals surface area contributed by atoms with Crippen LogP contribution in [0.1, 0.15) is 90.0 Å². The Morgan fingerprint density at radius 1 is 0.473 bits per heavy atom. The molecule has 1 saturated heterocycles. The zero-order chi connectivity index (χ0) is 71.5. The Kier molecular flexibility index (Phi) is 32.3. The van der Waals surface area contributed by atoms with Gasteiger partial charge in [0.2, 0.25) is 11.8 Å².